The largest absolute Gasteiger partial charge is 0.387 e. The van der Waals surface area contributed by atoms with Gasteiger partial charge in [0.1, 0.15) is 6.54 Å². The second kappa shape index (κ2) is 3.20. The van der Waals surface area contributed by atoms with Crippen molar-refractivity contribution in [3.8, 4) is 0 Å². The summed E-state index contributed by atoms with van der Waals surface area (Å²) in [5.41, 5.74) is 6.61. The van der Waals surface area contributed by atoms with E-state index >= 15 is 0 Å². The van der Waals surface area contributed by atoms with Crippen LogP contribution in [0.1, 0.15) is 24.3 Å². The molecule has 2 N–H and O–H groups in total. The van der Waals surface area contributed by atoms with Gasteiger partial charge in [-0.15, -0.1) is 0 Å². The van der Waals surface area contributed by atoms with E-state index in [1.165, 1.54) is 12.8 Å². The van der Waals surface area contributed by atoms with Gasteiger partial charge in [-0.05, 0) is 19.8 Å². The minimum Gasteiger partial charge on any atom is -0.387 e. The van der Waals surface area contributed by atoms with Crippen LogP contribution in [0.2, 0.25) is 0 Å². The second-order valence-electron chi connectivity index (χ2n) is 3.45. The molecule has 0 unspecified atom stereocenters. The third-order valence-electron chi connectivity index (χ3n) is 2.09. The zero-order chi connectivity index (χ0) is 9.26. The number of amidine groups is 1. The van der Waals surface area contributed by atoms with Crippen molar-refractivity contribution >= 4 is 5.84 Å². The van der Waals surface area contributed by atoms with Crippen LogP contribution >= 0.6 is 0 Å². The van der Waals surface area contributed by atoms with Crippen molar-refractivity contribution in [1.29, 1.82) is 0 Å². The Morgan fingerprint density at radius 2 is 2.54 bits per heavy atom. The van der Waals surface area contributed by atoms with Crippen LogP contribution in [0.15, 0.2) is 15.6 Å². The summed E-state index contributed by atoms with van der Waals surface area (Å²) >= 11 is 0. The molecule has 0 amide bonds. The molecule has 70 valence electrons. The van der Waals surface area contributed by atoms with Gasteiger partial charge in [0.2, 0.25) is 0 Å². The highest BCUT2D eigenvalue weighted by Gasteiger charge is 2.25. The molecule has 0 aliphatic heterocycles. The smallest absolute Gasteiger partial charge is 0.158 e. The molecule has 13 heavy (non-hydrogen) atoms. The van der Waals surface area contributed by atoms with Gasteiger partial charge >= 0.3 is 0 Å². The van der Waals surface area contributed by atoms with Crippen LogP contribution in [-0.2, 0) is 6.54 Å². The molecule has 1 aromatic heterocycles. The number of rotatable bonds is 3. The molecule has 2 rings (SSSR count). The lowest BCUT2D eigenvalue weighted by atomic mass is 10.3. The lowest BCUT2D eigenvalue weighted by Crippen LogP contribution is -2.13. The third-order valence-corrected chi connectivity index (χ3v) is 2.09. The van der Waals surface area contributed by atoms with Crippen LogP contribution in [0, 0.1) is 12.8 Å². The summed E-state index contributed by atoms with van der Waals surface area (Å²) in [6.07, 6.45) is 2.37. The van der Waals surface area contributed by atoms with Crippen molar-refractivity contribution < 1.29 is 4.52 Å². The average molecular weight is 179 g/mol. The van der Waals surface area contributed by atoms with Crippen molar-refractivity contribution in [2.24, 2.45) is 16.6 Å². The van der Waals surface area contributed by atoms with Crippen molar-refractivity contribution in [2.75, 3.05) is 0 Å². The lowest BCUT2D eigenvalue weighted by Gasteiger charge is -1.94. The van der Waals surface area contributed by atoms with Gasteiger partial charge in [-0.1, -0.05) is 5.16 Å². The number of nitrogens with two attached hydrogens (primary N) is 1. The number of aryl methyl sites for hydroxylation is 1. The van der Waals surface area contributed by atoms with E-state index in [2.05, 4.69) is 10.1 Å². The summed E-state index contributed by atoms with van der Waals surface area (Å²) in [5, 5.41) is 3.77. The van der Waals surface area contributed by atoms with Crippen molar-refractivity contribution in [3.63, 3.8) is 0 Å². The van der Waals surface area contributed by atoms with E-state index in [0.29, 0.717) is 12.5 Å². The Hall–Kier alpha value is -1.32. The lowest BCUT2D eigenvalue weighted by molar-refractivity contribution is 0.381. The molecule has 4 nitrogen and oxygen atoms in total. The molecule has 1 saturated carbocycles. The normalized spacial score (nSPS) is 17.8. The van der Waals surface area contributed by atoms with E-state index in [0.717, 1.165) is 17.3 Å². The van der Waals surface area contributed by atoms with E-state index in [1.807, 2.05) is 13.0 Å². The van der Waals surface area contributed by atoms with E-state index < -0.39 is 0 Å². The monoisotopic (exact) mass is 179 g/mol. The quantitative estimate of drug-likeness (QED) is 0.561. The Morgan fingerprint density at radius 1 is 1.77 bits per heavy atom. The molecule has 0 bridgehead atoms. The fraction of sp³-hybridized carbons (Fsp3) is 0.556. The molecule has 1 aromatic rings. The van der Waals surface area contributed by atoms with Gasteiger partial charge in [0.25, 0.3) is 0 Å². The fourth-order valence-electron chi connectivity index (χ4n) is 1.17. The molecule has 1 heterocycles. The maximum Gasteiger partial charge on any atom is 0.158 e. The molecule has 0 spiro atoms. The molecule has 4 heteroatoms. The second-order valence-corrected chi connectivity index (χ2v) is 3.45. The van der Waals surface area contributed by atoms with Crippen LogP contribution < -0.4 is 5.73 Å². The topological polar surface area (TPSA) is 64.4 Å². The number of hydrogen-bond donors (Lipinski definition) is 1. The first-order valence-corrected chi connectivity index (χ1v) is 4.47. The van der Waals surface area contributed by atoms with Gasteiger partial charge in [-0.25, -0.2) is 0 Å². The summed E-state index contributed by atoms with van der Waals surface area (Å²) in [6, 6.07) is 1.88. The maximum absolute atomic E-state index is 5.72. The van der Waals surface area contributed by atoms with Gasteiger partial charge in [-0.3, -0.25) is 4.99 Å². The van der Waals surface area contributed by atoms with Crippen LogP contribution in [0.5, 0.6) is 0 Å². The Kier molecular flexibility index (Phi) is 2.04. The third kappa shape index (κ3) is 2.08. The van der Waals surface area contributed by atoms with Gasteiger partial charge in [-0.2, -0.15) is 0 Å². The highest BCUT2D eigenvalue weighted by Crippen LogP contribution is 2.28. The highest BCUT2D eigenvalue weighted by atomic mass is 16.5. The molecule has 0 aromatic carbocycles. The standard InChI is InChI=1S/C9H13N3O/c1-6-4-8(13-12-6)5-11-9(10)7-2-3-7/h4,7H,2-3,5H2,1H3,(H2,10,11). The van der Waals surface area contributed by atoms with Crippen LogP contribution in [0.25, 0.3) is 0 Å². The number of aromatic nitrogens is 1. The molecule has 1 aliphatic carbocycles. The number of nitrogens with zero attached hydrogens (tertiary/aromatic N) is 2. The van der Waals surface area contributed by atoms with E-state index in [-0.39, 0.29) is 0 Å². The maximum atomic E-state index is 5.72. The number of aliphatic imine (C=N–C) groups is 1. The van der Waals surface area contributed by atoms with Gasteiger partial charge in [0.15, 0.2) is 5.76 Å². The van der Waals surface area contributed by atoms with E-state index in [4.69, 9.17) is 10.3 Å². The van der Waals surface area contributed by atoms with Gasteiger partial charge in [0.05, 0.1) is 11.5 Å². The van der Waals surface area contributed by atoms with Crippen molar-refractivity contribution in [1.82, 2.24) is 5.16 Å². The molecule has 1 aliphatic rings. The minimum atomic E-state index is 0.517. The molecular weight excluding hydrogens is 166 g/mol. The van der Waals surface area contributed by atoms with Gasteiger partial charge < -0.3 is 10.3 Å². The summed E-state index contributed by atoms with van der Waals surface area (Å²) in [5.74, 6) is 2.07. The summed E-state index contributed by atoms with van der Waals surface area (Å²) < 4.78 is 5.00. The Labute approximate surface area is 76.8 Å². The predicted molar refractivity (Wildman–Crippen MR) is 49.3 cm³/mol. The van der Waals surface area contributed by atoms with E-state index in [1.54, 1.807) is 0 Å². The SMILES string of the molecule is Cc1cc(CN=C(N)C2CC2)on1. The fourth-order valence-corrected chi connectivity index (χ4v) is 1.17. The molecule has 1 fully saturated rings. The zero-order valence-electron chi connectivity index (χ0n) is 7.66. The average Bonchev–Trinajstić information content (AvgIpc) is 2.87. The first-order valence-electron chi connectivity index (χ1n) is 4.47. The first kappa shape index (κ1) is 8.29. The highest BCUT2D eigenvalue weighted by molar-refractivity contribution is 5.84. The van der Waals surface area contributed by atoms with Crippen LogP contribution in [0.4, 0.5) is 0 Å². The molecule has 0 radical (unpaired) electrons. The van der Waals surface area contributed by atoms with Crippen molar-refractivity contribution in [3.05, 3.63) is 17.5 Å². The zero-order valence-corrected chi connectivity index (χ0v) is 7.66. The minimum absolute atomic E-state index is 0.517. The van der Waals surface area contributed by atoms with Gasteiger partial charge in [0, 0.05) is 12.0 Å². The molecule has 0 atom stereocenters. The summed E-state index contributed by atoms with van der Waals surface area (Å²) in [6.45, 7) is 2.41. The first-order chi connectivity index (χ1) is 6.25. The van der Waals surface area contributed by atoms with Crippen LogP contribution in [-0.4, -0.2) is 11.0 Å². The summed E-state index contributed by atoms with van der Waals surface area (Å²) in [7, 11) is 0. The number of hydrogen-bond acceptors (Lipinski definition) is 3. The summed E-state index contributed by atoms with van der Waals surface area (Å²) in [4.78, 5) is 4.23. The van der Waals surface area contributed by atoms with E-state index in [9.17, 15) is 0 Å². The predicted octanol–water partition coefficient (Wildman–Crippen LogP) is 1.25. The Balaban J connectivity index is 1.94. The molecule has 0 saturated heterocycles. The van der Waals surface area contributed by atoms with Crippen molar-refractivity contribution in [2.45, 2.75) is 26.3 Å². The Bertz CT molecular complexity index is 325. The Morgan fingerprint density at radius 3 is 3.08 bits per heavy atom. The van der Waals surface area contributed by atoms with Crippen LogP contribution in [0.3, 0.4) is 0 Å². The molecular formula is C9H13N3O.